The maximum atomic E-state index is 14.2. The fraction of sp³-hybridized carbons (Fsp3) is 0.333. The SMILES string of the molecule is Cc1[nH]ncc1-c1ccc2c(c1)C(NC(=O)c1ccccc1F)CC1(CCOCC1)O2. The molecule has 0 saturated carbocycles. The monoisotopic (exact) mass is 421 g/mol. The molecule has 1 fully saturated rings. The van der Waals surface area contributed by atoms with Crippen molar-refractivity contribution in [3.8, 4) is 16.9 Å². The van der Waals surface area contributed by atoms with Gasteiger partial charge in [0.2, 0.25) is 0 Å². The van der Waals surface area contributed by atoms with Crippen molar-refractivity contribution in [1.82, 2.24) is 15.5 Å². The minimum atomic E-state index is -0.532. The molecule has 1 amide bonds. The number of amides is 1. The number of nitrogens with one attached hydrogen (secondary N) is 2. The molecule has 160 valence electrons. The third-order valence-electron chi connectivity index (χ3n) is 6.26. The Morgan fingerprint density at radius 2 is 2.03 bits per heavy atom. The lowest BCUT2D eigenvalue weighted by Crippen LogP contribution is -2.48. The zero-order valence-corrected chi connectivity index (χ0v) is 17.3. The van der Waals surface area contributed by atoms with Crippen LogP contribution in [0.3, 0.4) is 0 Å². The predicted octanol–water partition coefficient (Wildman–Crippen LogP) is 4.33. The molecule has 0 aliphatic carbocycles. The number of carbonyl (C=O) groups is 1. The maximum absolute atomic E-state index is 14.2. The van der Waals surface area contributed by atoms with Crippen LogP contribution < -0.4 is 10.1 Å². The molecule has 7 heteroatoms. The van der Waals surface area contributed by atoms with Gasteiger partial charge in [0, 0.05) is 36.1 Å². The fourth-order valence-electron chi connectivity index (χ4n) is 4.54. The largest absolute Gasteiger partial charge is 0.487 e. The van der Waals surface area contributed by atoms with Gasteiger partial charge in [0.25, 0.3) is 5.91 Å². The third-order valence-corrected chi connectivity index (χ3v) is 6.26. The van der Waals surface area contributed by atoms with E-state index in [1.165, 1.54) is 12.1 Å². The normalized spacial score (nSPS) is 19.5. The van der Waals surface area contributed by atoms with Gasteiger partial charge in [-0.1, -0.05) is 18.2 Å². The first-order valence-corrected chi connectivity index (χ1v) is 10.5. The Bertz CT molecular complexity index is 1120. The average molecular weight is 421 g/mol. The van der Waals surface area contributed by atoms with E-state index in [1.54, 1.807) is 18.3 Å². The van der Waals surface area contributed by atoms with Gasteiger partial charge in [-0.05, 0) is 36.8 Å². The van der Waals surface area contributed by atoms with Gasteiger partial charge >= 0.3 is 0 Å². The molecule has 2 aliphatic heterocycles. The molecule has 6 nitrogen and oxygen atoms in total. The summed E-state index contributed by atoms with van der Waals surface area (Å²) in [6.45, 7) is 3.21. The van der Waals surface area contributed by atoms with Crippen molar-refractivity contribution in [1.29, 1.82) is 0 Å². The summed E-state index contributed by atoms with van der Waals surface area (Å²) in [6.07, 6.45) is 3.90. The number of aryl methyl sites for hydroxylation is 1. The van der Waals surface area contributed by atoms with Crippen LogP contribution in [0.25, 0.3) is 11.1 Å². The number of aromatic amines is 1. The maximum Gasteiger partial charge on any atom is 0.254 e. The molecule has 3 aromatic rings. The Kier molecular flexibility index (Phi) is 4.98. The number of hydrogen-bond acceptors (Lipinski definition) is 4. The molecule has 0 radical (unpaired) electrons. The van der Waals surface area contributed by atoms with E-state index >= 15 is 0 Å². The van der Waals surface area contributed by atoms with Gasteiger partial charge in [0.15, 0.2) is 0 Å². The molecule has 3 heterocycles. The van der Waals surface area contributed by atoms with Gasteiger partial charge in [-0.25, -0.2) is 4.39 Å². The Hall–Kier alpha value is -3.19. The number of carbonyl (C=O) groups excluding carboxylic acids is 1. The summed E-state index contributed by atoms with van der Waals surface area (Å²) in [6, 6.07) is 11.7. The molecule has 2 N–H and O–H groups in total. The number of rotatable bonds is 3. The van der Waals surface area contributed by atoms with E-state index in [-0.39, 0.29) is 11.6 Å². The molecule has 1 spiro atoms. The van der Waals surface area contributed by atoms with Gasteiger partial charge in [0.05, 0.1) is 31.0 Å². The zero-order valence-electron chi connectivity index (χ0n) is 17.3. The second-order valence-electron chi connectivity index (χ2n) is 8.27. The molecule has 5 rings (SSSR count). The summed E-state index contributed by atoms with van der Waals surface area (Å²) in [5.41, 5.74) is 3.48. The molecule has 31 heavy (non-hydrogen) atoms. The first kappa shape index (κ1) is 19.8. The number of benzene rings is 2. The Morgan fingerprint density at radius 3 is 2.77 bits per heavy atom. The van der Waals surface area contributed by atoms with E-state index in [2.05, 4.69) is 15.5 Å². The highest BCUT2D eigenvalue weighted by atomic mass is 19.1. The van der Waals surface area contributed by atoms with Crippen LogP contribution in [0.1, 0.15) is 46.9 Å². The molecular weight excluding hydrogens is 397 g/mol. The van der Waals surface area contributed by atoms with Crippen molar-refractivity contribution in [3.63, 3.8) is 0 Å². The number of nitrogens with zero attached hydrogens (tertiary/aromatic N) is 1. The Morgan fingerprint density at radius 1 is 1.23 bits per heavy atom. The summed E-state index contributed by atoms with van der Waals surface area (Å²) in [7, 11) is 0. The number of ether oxygens (including phenoxy) is 2. The molecule has 1 unspecified atom stereocenters. The molecular formula is C24H24FN3O3. The van der Waals surface area contributed by atoms with Gasteiger partial charge in [-0.3, -0.25) is 9.89 Å². The predicted molar refractivity (Wildman–Crippen MR) is 113 cm³/mol. The Labute approximate surface area is 179 Å². The van der Waals surface area contributed by atoms with Crippen LogP contribution in [-0.2, 0) is 4.74 Å². The quantitative estimate of drug-likeness (QED) is 0.660. The topological polar surface area (TPSA) is 76.2 Å². The van der Waals surface area contributed by atoms with Crippen LogP contribution in [-0.4, -0.2) is 34.9 Å². The molecule has 2 aliphatic rings. The van der Waals surface area contributed by atoms with E-state index in [9.17, 15) is 9.18 Å². The first-order chi connectivity index (χ1) is 15.0. The Balaban J connectivity index is 1.53. The molecule has 1 aromatic heterocycles. The average Bonchev–Trinajstić information content (AvgIpc) is 3.20. The van der Waals surface area contributed by atoms with Crippen molar-refractivity contribution >= 4 is 5.91 Å². The fourth-order valence-corrected chi connectivity index (χ4v) is 4.54. The van der Waals surface area contributed by atoms with E-state index in [0.29, 0.717) is 19.6 Å². The lowest BCUT2D eigenvalue weighted by molar-refractivity contribution is -0.0639. The zero-order chi connectivity index (χ0) is 21.4. The molecule has 2 aromatic carbocycles. The summed E-state index contributed by atoms with van der Waals surface area (Å²) in [4.78, 5) is 13.0. The molecule has 1 atom stereocenters. The van der Waals surface area contributed by atoms with Crippen molar-refractivity contribution in [2.75, 3.05) is 13.2 Å². The molecule has 0 bridgehead atoms. The summed E-state index contributed by atoms with van der Waals surface area (Å²) >= 11 is 0. The highest BCUT2D eigenvalue weighted by molar-refractivity contribution is 5.94. The van der Waals surface area contributed by atoms with Crippen LogP contribution in [0.15, 0.2) is 48.7 Å². The summed E-state index contributed by atoms with van der Waals surface area (Å²) < 4.78 is 26.2. The summed E-state index contributed by atoms with van der Waals surface area (Å²) in [5, 5.41) is 10.1. The minimum absolute atomic E-state index is 0.0402. The number of halogens is 1. The minimum Gasteiger partial charge on any atom is -0.487 e. The number of aromatic nitrogens is 2. The van der Waals surface area contributed by atoms with E-state index in [1.807, 2.05) is 25.1 Å². The highest BCUT2D eigenvalue weighted by Crippen LogP contribution is 2.45. The van der Waals surface area contributed by atoms with Crippen LogP contribution in [0.2, 0.25) is 0 Å². The van der Waals surface area contributed by atoms with Gasteiger partial charge in [-0.2, -0.15) is 5.10 Å². The van der Waals surface area contributed by atoms with Crippen LogP contribution in [0, 0.1) is 12.7 Å². The van der Waals surface area contributed by atoms with Crippen molar-refractivity contribution in [2.24, 2.45) is 0 Å². The number of hydrogen-bond donors (Lipinski definition) is 2. The standard InChI is InChI=1S/C24H24FN3O3/c1-15-19(14-26-28-15)16-6-7-22-18(12-16)21(13-24(31-22)8-10-30-11-9-24)27-23(29)17-4-2-3-5-20(17)25/h2-7,12,14,21H,8-11,13H2,1H3,(H,26,28)(H,27,29). The van der Waals surface area contributed by atoms with Crippen molar-refractivity contribution in [2.45, 2.75) is 37.8 Å². The van der Waals surface area contributed by atoms with Gasteiger partial charge in [0.1, 0.15) is 17.2 Å². The van der Waals surface area contributed by atoms with Crippen LogP contribution in [0.4, 0.5) is 4.39 Å². The first-order valence-electron chi connectivity index (χ1n) is 10.5. The van der Waals surface area contributed by atoms with Crippen molar-refractivity contribution in [3.05, 3.63) is 71.3 Å². The van der Waals surface area contributed by atoms with Crippen molar-refractivity contribution < 1.29 is 18.7 Å². The van der Waals surface area contributed by atoms with Crippen LogP contribution >= 0.6 is 0 Å². The van der Waals surface area contributed by atoms with E-state index in [0.717, 1.165) is 41.0 Å². The summed E-state index contributed by atoms with van der Waals surface area (Å²) in [5.74, 6) is -0.212. The second-order valence-corrected chi connectivity index (χ2v) is 8.27. The van der Waals surface area contributed by atoms with Gasteiger partial charge in [-0.15, -0.1) is 0 Å². The number of fused-ring (bicyclic) bond motifs is 1. The second kappa shape index (κ2) is 7.81. The van der Waals surface area contributed by atoms with E-state index < -0.39 is 17.3 Å². The van der Waals surface area contributed by atoms with Gasteiger partial charge < -0.3 is 14.8 Å². The molecule has 1 saturated heterocycles. The van der Waals surface area contributed by atoms with E-state index in [4.69, 9.17) is 9.47 Å². The van der Waals surface area contributed by atoms with Crippen LogP contribution in [0.5, 0.6) is 5.75 Å². The number of H-pyrrole nitrogens is 1. The highest BCUT2D eigenvalue weighted by Gasteiger charge is 2.43. The third kappa shape index (κ3) is 3.70. The smallest absolute Gasteiger partial charge is 0.254 e. The lowest BCUT2D eigenvalue weighted by Gasteiger charge is -2.44. The lowest BCUT2D eigenvalue weighted by atomic mass is 9.81.